The second kappa shape index (κ2) is 6.51. The first-order chi connectivity index (χ1) is 5.35. The van der Waals surface area contributed by atoms with E-state index >= 15 is 0 Å². The molecule has 0 aliphatic carbocycles. The van der Waals surface area contributed by atoms with E-state index in [0.717, 1.165) is 6.21 Å². The highest BCUT2D eigenvalue weighted by Gasteiger charge is 1.88. The highest BCUT2D eigenvalue weighted by atomic mass is 16.4. The molecule has 0 unspecified atom stereocenters. The number of hydrogen-bond acceptors (Lipinski definition) is 6. The van der Waals surface area contributed by atoms with Crippen molar-refractivity contribution in [3.63, 3.8) is 0 Å². The number of aliphatic hydroxyl groups is 1. The van der Waals surface area contributed by atoms with Crippen molar-refractivity contribution in [2.75, 3.05) is 13.2 Å². The van der Waals surface area contributed by atoms with Crippen LogP contribution in [0.5, 0.6) is 0 Å². The Kier molecular flexibility index (Phi) is 5.56. The first-order valence-corrected chi connectivity index (χ1v) is 2.84. The highest BCUT2D eigenvalue weighted by Crippen LogP contribution is 1.67. The molecule has 0 saturated heterocycles. The summed E-state index contributed by atoms with van der Waals surface area (Å²) in [4.78, 5) is 0. The predicted molar refractivity (Wildman–Crippen MR) is 38.4 cm³/mol. The van der Waals surface area contributed by atoms with E-state index in [9.17, 15) is 0 Å². The van der Waals surface area contributed by atoms with Gasteiger partial charge in [0.2, 0.25) is 0 Å². The smallest absolute Gasteiger partial charge is 0.199 e. The molecule has 6 nitrogen and oxygen atoms in total. The molecule has 0 spiro atoms. The molecule has 6 heteroatoms. The number of hydrogen-bond donors (Lipinski definition) is 3. The lowest BCUT2D eigenvalue weighted by molar-refractivity contribution is 0.294. The van der Waals surface area contributed by atoms with E-state index in [1.807, 2.05) is 0 Å². The van der Waals surface area contributed by atoms with Gasteiger partial charge in [0.05, 0.1) is 19.4 Å². The Labute approximate surface area is 63.4 Å². The van der Waals surface area contributed by atoms with Crippen molar-refractivity contribution in [1.29, 1.82) is 5.26 Å². The second-order valence-corrected chi connectivity index (χ2v) is 1.49. The van der Waals surface area contributed by atoms with Gasteiger partial charge >= 0.3 is 0 Å². The molecule has 0 aliphatic rings. The Morgan fingerprint density at radius 1 is 1.73 bits per heavy atom. The van der Waals surface area contributed by atoms with Gasteiger partial charge in [0.15, 0.2) is 5.71 Å². The zero-order valence-corrected chi connectivity index (χ0v) is 5.73. The van der Waals surface area contributed by atoms with Crippen LogP contribution in [0.2, 0.25) is 0 Å². The molecular weight excluding hydrogens is 148 g/mol. The van der Waals surface area contributed by atoms with Crippen LogP contribution < -0.4 is 5.43 Å². The van der Waals surface area contributed by atoms with Gasteiger partial charge in [0.25, 0.3) is 0 Å². The first-order valence-electron chi connectivity index (χ1n) is 2.84. The minimum atomic E-state index is -0.199. The van der Waals surface area contributed by atoms with Gasteiger partial charge < -0.3 is 15.7 Å². The van der Waals surface area contributed by atoms with E-state index < -0.39 is 0 Å². The van der Waals surface area contributed by atoms with Crippen LogP contribution >= 0.6 is 0 Å². The normalized spacial score (nSPS) is 11.5. The number of hydrazone groups is 1. The third kappa shape index (κ3) is 4.87. The summed E-state index contributed by atoms with van der Waals surface area (Å²) in [6.07, 6.45) is 1.05. The minimum Gasteiger partial charge on any atom is -0.410 e. The standard InChI is InChI=1S/C5H8N4O2/c6-3-5(9-11)4-8-7-1-2-10/h4,7,10-11H,1-2H2. The van der Waals surface area contributed by atoms with Crippen molar-refractivity contribution in [1.82, 2.24) is 5.43 Å². The monoisotopic (exact) mass is 156 g/mol. The first kappa shape index (κ1) is 9.39. The van der Waals surface area contributed by atoms with E-state index in [-0.39, 0.29) is 12.3 Å². The van der Waals surface area contributed by atoms with Crippen molar-refractivity contribution in [2.45, 2.75) is 0 Å². The third-order valence-electron chi connectivity index (χ3n) is 0.724. The van der Waals surface area contributed by atoms with E-state index in [1.54, 1.807) is 6.07 Å². The fourth-order valence-electron chi connectivity index (χ4n) is 0.298. The molecule has 0 aromatic carbocycles. The Morgan fingerprint density at radius 3 is 2.91 bits per heavy atom. The summed E-state index contributed by atoms with van der Waals surface area (Å²) in [5.74, 6) is 0. The van der Waals surface area contributed by atoms with Gasteiger partial charge in [-0.05, 0) is 0 Å². The maximum Gasteiger partial charge on any atom is 0.199 e. The van der Waals surface area contributed by atoms with E-state index in [1.165, 1.54) is 0 Å². The quantitative estimate of drug-likeness (QED) is 0.208. The molecular formula is C5H8N4O2. The van der Waals surface area contributed by atoms with E-state index in [0.29, 0.717) is 6.54 Å². The van der Waals surface area contributed by atoms with Crippen LogP contribution in [-0.2, 0) is 0 Å². The fraction of sp³-hybridized carbons (Fsp3) is 0.400. The van der Waals surface area contributed by atoms with Crippen LogP contribution in [0, 0.1) is 11.3 Å². The van der Waals surface area contributed by atoms with Gasteiger partial charge in [0, 0.05) is 0 Å². The molecule has 0 rings (SSSR count). The molecule has 0 amide bonds. The third-order valence-corrected chi connectivity index (χ3v) is 0.724. The molecule has 0 aliphatic heterocycles. The lowest BCUT2D eigenvalue weighted by atomic mass is 10.5. The summed E-state index contributed by atoms with van der Waals surface area (Å²) >= 11 is 0. The lowest BCUT2D eigenvalue weighted by Gasteiger charge is -1.91. The Bertz CT molecular complexity index is 193. The molecule has 60 valence electrons. The summed E-state index contributed by atoms with van der Waals surface area (Å²) in [7, 11) is 0. The lowest BCUT2D eigenvalue weighted by Crippen LogP contribution is -2.12. The van der Waals surface area contributed by atoms with Gasteiger partial charge in [-0.3, -0.25) is 0 Å². The maximum absolute atomic E-state index is 8.26. The molecule has 0 heterocycles. The highest BCUT2D eigenvalue weighted by molar-refractivity contribution is 6.37. The van der Waals surface area contributed by atoms with Crippen molar-refractivity contribution in [2.24, 2.45) is 10.3 Å². The zero-order valence-electron chi connectivity index (χ0n) is 5.73. The van der Waals surface area contributed by atoms with Crippen LogP contribution in [0.4, 0.5) is 0 Å². The van der Waals surface area contributed by atoms with E-state index in [4.69, 9.17) is 15.6 Å². The maximum atomic E-state index is 8.26. The van der Waals surface area contributed by atoms with Crippen molar-refractivity contribution in [3.8, 4) is 6.07 Å². The van der Waals surface area contributed by atoms with Gasteiger partial charge in [-0.2, -0.15) is 10.4 Å². The van der Waals surface area contributed by atoms with Gasteiger partial charge in [-0.1, -0.05) is 5.16 Å². The molecule has 0 atom stereocenters. The minimum absolute atomic E-state index is 0.0461. The van der Waals surface area contributed by atoms with Crippen molar-refractivity contribution in [3.05, 3.63) is 0 Å². The van der Waals surface area contributed by atoms with Crippen LogP contribution in [-0.4, -0.2) is 35.4 Å². The molecule has 11 heavy (non-hydrogen) atoms. The summed E-state index contributed by atoms with van der Waals surface area (Å²) in [6.45, 7) is 0.246. The summed E-state index contributed by atoms with van der Waals surface area (Å²) in [6, 6.07) is 1.58. The summed E-state index contributed by atoms with van der Waals surface area (Å²) in [5.41, 5.74) is 2.21. The summed E-state index contributed by atoms with van der Waals surface area (Å²) < 4.78 is 0. The number of oxime groups is 1. The molecule has 0 bridgehead atoms. The van der Waals surface area contributed by atoms with E-state index in [2.05, 4.69) is 15.7 Å². The molecule has 0 aromatic rings. The zero-order chi connectivity index (χ0) is 8.53. The van der Waals surface area contributed by atoms with Gasteiger partial charge in [-0.15, -0.1) is 0 Å². The van der Waals surface area contributed by atoms with Gasteiger partial charge in [0.1, 0.15) is 6.07 Å². The van der Waals surface area contributed by atoms with Crippen LogP contribution in [0.1, 0.15) is 0 Å². The Hall–Kier alpha value is -1.61. The number of aliphatic hydroxyl groups excluding tert-OH is 1. The van der Waals surface area contributed by atoms with Gasteiger partial charge in [-0.25, -0.2) is 0 Å². The van der Waals surface area contributed by atoms with Crippen LogP contribution in [0.15, 0.2) is 10.3 Å². The molecule has 0 fully saturated rings. The topological polar surface area (TPSA) is 101 Å². The number of nitrogens with one attached hydrogen (secondary N) is 1. The Balaban J connectivity index is 3.66. The number of nitrogens with zero attached hydrogens (tertiary/aromatic N) is 3. The SMILES string of the molecule is N#CC(C=NNCCO)=NO. The Morgan fingerprint density at radius 2 is 2.45 bits per heavy atom. The summed E-state index contributed by atoms with van der Waals surface area (Å²) in [5, 5.41) is 30.6. The van der Waals surface area contributed by atoms with Crippen molar-refractivity contribution < 1.29 is 10.3 Å². The predicted octanol–water partition coefficient (Wildman–Crippen LogP) is -1.09. The van der Waals surface area contributed by atoms with Crippen molar-refractivity contribution >= 4 is 11.9 Å². The molecule has 3 N–H and O–H groups in total. The van der Waals surface area contributed by atoms with Crippen LogP contribution in [0.25, 0.3) is 0 Å². The fourth-order valence-corrected chi connectivity index (χ4v) is 0.298. The number of rotatable bonds is 4. The average Bonchev–Trinajstić information content (AvgIpc) is 2.05. The molecule has 0 saturated carbocycles. The average molecular weight is 156 g/mol. The number of nitriles is 1. The molecule has 0 radical (unpaired) electrons. The largest absolute Gasteiger partial charge is 0.410 e. The molecule has 0 aromatic heterocycles. The second-order valence-electron chi connectivity index (χ2n) is 1.49. The van der Waals surface area contributed by atoms with Crippen LogP contribution in [0.3, 0.4) is 0 Å².